The van der Waals surface area contributed by atoms with Crippen LogP contribution >= 0.6 is 0 Å². The largest absolute Gasteiger partial charge is 0.330 e. The van der Waals surface area contributed by atoms with Gasteiger partial charge in [-0.2, -0.15) is 0 Å². The van der Waals surface area contributed by atoms with E-state index in [1.807, 2.05) is 26.0 Å². The maximum Gasteiger partial charge on any atom is 0.256 e. The van der Waals surface area contributed by atoms with Gasteiger partial charge in [0.1, 0.15) is 6.04 Å². The van der Waals surface area contributed by atoms with Crippen LogP contribution in [0.5, 0.6) is 0 Å². The summed E-state index contributed by atoms with van der Waals surface area (Å²) in [5.74, 6) is -0.161. The number of likely N-dealkylation sites (N-methyl/N-ethyl adjacent to an activating group) is 2. The smallest absolute Gasteiger partial charge is 0.256 e. The summed E-state index contributed by atoms with van der Waals surface area (Å²) in [7, 11) is 3.39. The van der Waals surface area contributed by atoms with Gasteiger partial charge >= 0.3 is 0 Å². The average Bonchev–Trinajstić information content (AvgIpc) is 2.40. The van der Waals surface area contributed by atoms with Crippen molar-refractivity contribution in [2.75, 3.05) is 19.0 Å². The zero-order chi connectivity index (χ0) is 13.6. The first kappa shape index (κ1) is 12.6. The molecule has 2 rings (SSSR count). The molecule has 4 nitrogen and oxygen atoms in total. The van der Waals surface area contributed by atoms with E-state index in [1.165, 1.54) is 4.90 Å². The molecule has 0 spiro atoms. The Labute approximate surface area is 107 Å². The topological polar surface area (TPSA) is 40.6 Å². The summed E-state index contributed by atoms with van der Waals surface area (Å²) in [6.07, 6.45) is 0. The molecule has 1 heterocycles. The van der Waals surface area contributed by atoms with Gasteiger partial charge in [0.2, 0.25) is 5.91 Å². The Morgan fingerprint density at radius 1 is 1.06 bits per heavy atom. The molecule has 18 heavy (non-hydrogen) atoms. The number of fused-ring (bicyclic) bond motifs is 1. The fourth-order valence-electron chi connectivity index (χ4n) is 2.18. The van der Waals surface area contributed by atoms with Crippen molar-refractivity contribution in [3.8, 4) is 0 Å². The summed E-state index contributed by atoms with van der Waals surface area (Å²) in [5, 5.41) is 0. The first-order valence-electron chi connectivity index (χ1n) is 6.00. The number of anilines is 1. The predicted octanol–water partition coefficient (Wildman–Crippen LogP) is 1.74. The van der Waals surface area contributed by atoms with Gasteiger partial charge in [0.15, 0.2) is 0 Å². The van der Waals surface area contributed by atoms with E-state index in [-0.39, 0.29) is 11.8 Å². The SMILES string of the molecule is Cc1cc2c(cc1C)N(C)C(=O)C(C)N(C)C2=O. The Morgan fingerprint density at radius 2 is 1.61 bits per heavy atom. The monoisotopic (exact) mass is 246 g/mol. The van der Waals surface area contributed by atoms with Gasteiger partial charge in [-0.3, -0.25) is 9.59 Å². The molecule has 0 fully saturated rings. The highest BCUT2D eigenvalue weighted by Gasteiger charge is 2.33. The summed E-state index contributed by atoms with van der Waals surface area (Å²) in [5.41, 5.74) is 3.44. The molecule has 1 atom stereocenters. The van der Waals surface area contributed by atoms with E-state index in [2.05, 4.69) is 0 Å². The van der Waals surface area contributed by atoms with E-state index in [1.54, 1.807) is 25.9 Å². The molecule has 0 aromatic heterocycles. The molecule has 0 aliphatic carbocycles. The van der Waals surface area contributed by atoms with Crippen molar-refractivity contribution in [2.24, 2.45) is 0 Å². The van der Waals surface area contributed by atoms with Gasteiger partial charge < -0.3 is 9.80 Å². The van der Waals surface area contributed by atoms with Crippen molar-refractivity contribution in [2.45, 2.75) is 26.8 Å². The summed E-state index contributed by atoms with van der Waals surface area (Å²) < 4.78 is 0. The molecule has 0 bridgehead atoms. The summed E-state index contributed by atoms with van der Waals surface area (Å²) in [6, 6.07) is 3.34. The Hall–Kier alpha value is -1.84. The fourth-order valence-corrected chi connectivity index (χ4v) is 2.18. The first-order chi connectivity index (χ1) is 8.34. The van der Waals surface area contributed by atoms with Gasteiger partial charge in [0.25, 0.3) is 5.91 Å². The molecular weight excluding hydrogens is 228 g/mol. The highest BCUT2D eigenvalue weighted by atomic mass is 16.2. The third kappa shape index (κ3) is 1.68. The Kier molecular flexibility index (Phi) is 2.89. The van der Waals surface area contributed by atoms with Gasteiger partial charge in [0, 0.05) is 14.1 Å². The molecule has 4 heteroatoms. The molecule has 1 aromatic carbocycles. The number of benzene rings is 1. The van der Waals surface area contributed by atoms with Crippen molar-refractivity contribution in [3.05, 3.63) is 28.8 Å². The molecule has 96 valence electrons. The number of carbonyl (C=O) groups is 2. The lowest BCUT2D eigenvalue weighted by Crippen LogP contribution is -2.43. The number of rotatable bonds is 0. The van der Waals surface area contributed by atoms with Crippen LogP contribution in [0.3, 0.4) is 0 Å². The second-order valence-corrected chi connectivity index (χ2v) is 4.94. The molecule has 0 radical (unpaired) electrons. The Morgan fingerprint density at radius 3 is 2.22 bits per heavy atom. The number of carbonyl (C=O) groups excluding carboxylic acids is 2. The highest BCUT2D eigenvalue weighted by molar-refractivity contribution is 6.10. The van der Waals surface area contributed by atoms with E-state index in [0.717, 1.165) is 11.1 Å². The average molecular weight is 246 g/mol. The molecule has 0 N–H and O–H groups in total. The van der Waals surface area contributed by atoms with Gasteiger partial charge in [-0.25, -0.2) is 0 Å². The fraction of sp³-hybridized carbons (Fsp3) is 0.429. The lowest BCUT2D eigenvalue weighted by atomic mass is 10.0. The van der Waals surface area contributed by atoms with Crippen LogP contribution < -0.4 is 4.90 Å². The predicted molar refractivity (Wildman–Crippen MR) is 70.9 cm³/mol. The molecule has 0 saturated carbocycles. The van der Waals surface area contributed by atoms with Crippen LogP contribution in [-0.2, 0) is 4.79 Å². The van der Waals surface area contributed by atoms with Crippen molar-refractivity contribution in [1.29, 1.82) is 0 Å². The minimum absolute atomic E-state index is 0.0622. The van der Waals surface area contributed by atoms with E-state index in [4.69, 9.17) is 0 Å². The van der Waals surface area contributed by atoms with Gasteiger partial charge in [0.05, 0.1) is 11.3 Å². The van der Waals surface area contributed by atoms with Gasteiger partial charge in [-0.15, -0.1) is 0 Å². The summed E-state index contributed by atoms with van der Waals surface area (Å²) in [6.45, 7) is 5.71. The van der Waals surface area contributed by atoms with Crippen molar-refractivity contribution in [1.82, 2.24) is 4.90 Å². The molecular formula is C14H18N2O2. The standard InChI is InChI=1S/C14H18N2O2/c1-8-6-11-12(7-9(8)2)16(5)13(17)10(3)15(4)14(11)18/h6-7,10H,1-5H3. The highest BCUT2D eigenvalue weighted by Crippen LogP contribution is 2.29. The van der Waals surface area contributed by atoms with Gasteiger partial charge in [-0.1, -0.05) is 0 Å². The van der Waals surface area contributed by atoms with E-state index < -0.39 is 6.04 Å². The number of nitrogens with zero attached hydrogens (tertiary/aromatic N) is 2. The number of hydrogen-bond acceptors (Lipinski definition) is 2. The number of hydrogen-bond donors (Lipinski definition) is 0. The van der Waals surface area contributed by atoms with Gasteiger partial charge in [-0.05, 0) is 44.0 Å². The molecule has 1 aromatic rings. The summed E-state index contributed by atoms with van der Waals surface area (Å²) >= 11 is 0. The van der Waals surface area contributed by atoms with Crippen molar-refractivity contribution in [3.63, 3.8) is 0 Å². The Bertz CT molecular complexity index is 537. The maximum absolute atomic E-state index is 12.3. The minimum atomic E-state index is -0.435. The zero-order valence-corrected chi connectivity index (χ0v) is 11.4. The van der Waals surface area contributed by atoms with Crippen molar-refractivity contribution >= 4 is 17.5 Å². The lowest BCUT2D eigenvalue weighted by molar-refractivity contribution is -0.121. The molecule has 1 aliphatic heterocycles. The number of amides is 2. The number of aryl methyl sites for hydroxylation is 2. The van der Waals surface area contributed by atoms with Crippen LogP contribution in [0.25, 0.3) is 0 Å². The van der Waals surface area contributed by atoms with Crippen LogP contribution in [0, 0.1) is 13.8 Å². The first-order valence-corrected chi connectivity index (χ1v) is 6.00. The third-order valence-electron chi connectivity index (χ3n) is 3.79. The van der Waals surface area contributed by atoms with Crippen LogP contribution in [0.1, 0.15) is 28.4 Å². The van der Waals surface area contributed by atoms with Crippen LogP contribution in [0.15, 0.2) is 12.1 Å². The second kappa shape index (κ2) is 4.12. The van der Waals surface area contributed by atoms with E-state index in [9.17, 15) is 9.59 Å². The quantitative estimate of drug-likeness (QED) is 0.699. The van der Waals surface area contributed by atoms with Crippen molar-refractivity contribution < 1.29 is 9.59 Å². The third-order valence-corrected chi connectivity index (χ3v) is 3.79. The summed E-state index contributed by atoms with van der Waals surface area (Å²) in [4.78, 5) is 27.6. The second-order valence-electron chi connectivity index (χ2n) is 4.94. The van der Waals surface area contributed by atoms with Crippen LogP contribution in [0.4, 0.5) is 5.69 Å². The molecule has 2 amide bonds. The van der Waals surface area contributed by atoms with Crippen LogP contribution in [-0.4, -0.2) is 36.9 Å². The minimum Gasteiger partial charge on any atom is -0.330 e. The van der Waals surface area contributed by atoms with Crippen LogP contribution in [0.2, 0.25) is 0 Å². The maximum atomic E-state index is 12.3. The molecule has 1 unspecified atom stereocenters. The lowest BCUT2D eigenvalue weighted by Gasteiger charge is -2.22. The van der Waals surface area contributed by atoms with E-state index in [0.29, 0.717) is 11.3 Å². The van der Waals surface area contributed by atoms with E-state index >= 15 is 0 Å². The normalized spacial score (nSPS) is 19.9. The Balaban J connectivity index is 2.69. The molecule has 0 saturated heterocycles. The molecule has 1 aliphatic rings. The zero-order valence-electron chi connectivity index (χ0n) is 11.4.